The van der Waals surface area contributed by atoms with Gasteiger partial charge in [0.15, 0.2) is 5.69 Å². The minimum atomic E-state index is -0.341. The molecule has 3 N–H and O–H groups in total. The van der Waals surface area contributed by atoms with Crippen molar-refractivity contribution in [3.05, 3.63) is 11.1 Å². The number of amides is 1. The first-order valence-corrected chi connectivity index (χ1v) is 6.45. The molecule has 0 aliphatic carbocycles. The first kappa shape index (κ1) is 12.7. The fourth-order valence-electron chi connectivity index (χ4n) is 2.00. The third-order valence-electron chi connectivity index (χ3n) is 3.46. The predicted molar refractivity (Wildman–Crippen MR) is 66.6 cm³/mol. The summed E-state index contributed by atoms with van der Waals surface area (Å²) in [5, 5.41) is 17.2. The molecule has 8 heteroatoms. The number of nitrogens with zero attached hydrogens (tertiary/aromatic N) is 4. The van der Waals surface area contributed by atoms with Crippen LogP contribution in [0, 0.1) is 5.41 Å². The standard InChI is InChI=1S/C10H15N5O2S/c1-10(9(11)13-17)2-4-15(5-3-10)8(16)7-6-18-14-12-7/h6,17H,2-5H2,1H3,(H2,11,13). The van der Waals surface area contributed by atoms with E-state index in [1.807, 2.05) is 6.92 Å². The highest BCUT2D eigenvalue weighted by Crippen LogP contribution is 2.31. The molecular weight excluding hydrogens is 254 g/mol. The van der Waals surface area contributed by atoms with Crippen molar-refractivity contribution >= 4 is 23.3 Å². The van der Waals surface area contributed by atoms with Crippen molar-refractivity contribution in [3.8, 4) is 0 Å². The number of amidine groups is 1. The molecule has 0 bridgehead atoms. The Kier molecular flexibility index (Phi) is 3.46. The van der Waals surface area contributed by atoms with E-state index in [1.165, 1.54) is 0 Å². The molecule has 1 aliphatic rings. The van der Waals surface area contributed by atoms with Gasteiger partial charge in [-0.05, 0) is 24.4 Å². The third-order valence-corrected chi connectivity index (χ3v) is 3.96. The molecule has 0 atom stereocenters. The van der Waals surface area contributed by atoms with Gasteiger partial charge in [0.05, 0.1) is 0 Å². The quantitative estimate of drug-likeness (QED) is 0.352. The first-order chi connectivity index (χ1) is 8.57. The molecule has 1 aromatic heterocycles. The molecule has 98 valence electrons. The van der Waals surface area contributed by atoms with Crippen molar-refractivity contribution in [1.82, 2.24) is 14.5 Å². The number of piperidine rings is 1. The van der Waals surface area contributed by atoms with E-state index in [4.69, 9.17) is 10.9 Å². The zero-order chi connectivity index (χ0) is 13.2. The van der Waals surface area contributed by atoms with Gasteiger partial charge in [-0.2, -0.15) is 0 Å². The minimum absolute atomic E-state index is 0.106. The van der Waals surface area contributed by atoms with Crippen molar-refractivity contribution in [1.29, 1.82) is 0 Å². The van der Waals surface area contributed by atoms with Gasteiger partial charge in [0, 0.05) is 23.9 Å². The predicted octanol–water partition coefficient (Wildman–Crippen LogP) is 0.527. The van der Waals surface area contributed by atoms with Gasteiger partial charge in [-0.1, -0.05) is 16.6 Å². The molecule has 0 spiro atoms. The lowest BCUT2D eigenvalue weighted by Crippen LogP contribution is -2.47. The normalized spacial score (nSPS) is 19.8. The van der Waals surface area contributed by atoms with Crippen LogP contribution in [0.2, 0.25) is 0 Å². The van der Waals surface area contributed by atoms with Crippen LogP contribution in [0.4, 0.5) is 0 Å². The maximum absolute atomic E-state index is 12.0. The highest BCUT2D eigenvalue weighted by molar-refractivity contribution is 7.03. The molecule has 0 radical (unpaired) electrons. The summed E-state index contributed by atoms with van der Waals surface area (Å²) in [7, 11) is 0. The van der Waals surface area contributed by atoms with Gasteiger partial charge in [-0.15, -0.1) is 5.10 Å². The van der Waals surface area contributed by atoms with E-state index in [-0.39, 0.29) is 17.2 Å². The van der Waals surface area contributed by atoms with E-state index in [1.54, 1.807) is 10.3 Å². The van der Waals surface area contributed by atoms with Gasteiger partial charge in [0.2, 0.25) is 0 Å². The molecule has 1 aliphatic heterocycles. The number of hydrogen-bond donors (Lipinski definition) is 2. The average molecular weight is 269 g/mol. The van der Waals surface area contributed by atoms with Gasteiger partial charge < -0.3 is 15.8 Å². The molecule has 0 unspecified atom stereocenters. The maximum Gasteiger partial charge on any atom is 0.275 e. The van der Waals surface area contributed by atoms with Crippen LogP contribution in [0.25, 0.3) is 0 Å². The Labute approximate surface area is 108 Å². The molecule has 0 saturated carbocycles. The Morgan fingerprint density at radius 1 is 1.61 bits per heavy atom. The molecule has 1 saturated heterocycles. The summed E-state index contributed by atoms with van der Waals surface area (Å²) in [6.45, 7) is 3.08. The highest BCUT2D eigenvalue weighted by atomic mass is 32.1. The topological polar surface area (TPSA) is 105 Å². The number of carbonyl (C=O) groups is 1. The Morgan fingerprint density at radius 3 is 2.78 bits per heavy atom. The van der Waals surface area contributed by atoms with Crippen molar-refractivity contribution in [2.24, 2.45) is 16.3 Å². The van der Waals surface area contributed by atoms with Crippen LogP contribution >= 0.6 is 11.5 Å². The first-order valence-electron chi connectivity index (χ1n) is 5.61. The van der Waals surface area contributed by atoms with E-state index in [2.05, 4.69) is 14.7 Å². The summed E-state index contributed by atoms with van der Waals surface area (Å²) in [5.41, 5.74) is 5.71. The van der Waals surface area contributed by atoms with Gasteiger partial charge in [-0.25, -0.2) is 0 Å². The second kappa shape index (κ2) is 4.89. The van der Waals surface area contributed by atoms with E-state index in [0.717, 1.165) is 11.5 Å². The zero-order valence-corrected chi connectivity index (χ0v) is 10.9. The van der Waals surface area contributed by atoms with Crippen LogP contribution in [0.5, 0.6) is 0 Å². The fraction of sp³-hybridized carbons (Fsp3) is 0.600. The number of rotatable bonds is 2. The zero-order valence-electron chi connectivity index (χ0n) is 10.0. The molecule has 1 fully saturated rings. The molecule has 2 heterocycles. The molecule has 1 aromatic rings. The lowest BCUT2D eigenvalue weighted by atomic mass is 9.79. The van der Waals surface area contributed by atoms with Crippen LogP contribution in [0.15, 0.2) is 10.5 Å². The summed E-state index contributed by atoms with van der Waals surface area (Å²) in [4.78, 5) is 13.8. The SMILES string of the molecule is CC1(C(N)=NO)CCN(C(=O)c2csnn2)CC1. The smallest absolute Gasteiger partial charge is 0.275 e. The molecule has 2 rings (SSSR count). The number of carbonyl (C=O) groups excluding carboxylic acids is 1. The Hall–Kier alpha value is -1.70. The molecule has 0 aromatic carbocycles. The monoisotopic (exact) mass is 269 g/mol. The number of hydrogen-bond acceptors (Lipinski definition) is 6. The fourth-order valence-corrected chi connectivity index (χ4v) is 2.43. The summed E-state index contributed by atoms with van der Waals surface area (Å²) < 4.78 is 3.68. The number of aromatic nitrogens is 2. The van der Waals surface area contributed by atoms with Gasteiger partial charge in [-0.3, -0.25) is 4.79 Å². The van der Waals surface area contributed by atoms with Gasteiger partial charge >= 0.3 is 0 Å². The lowest BCUT2D eigenvalue weighted by molar-refractivity contribution is 0.0660. The Bertz CT molecular complexity index is 451. The number of oxime groups is 1. The second-order valence-electron chi connectivity index (χ2n) is 4.63. The highest BCUT2D eigenvalue weighted by Gasteiger charge is 2.36. The lowest BCUT2D eigenvalue weighted by Gasteiger charge is -2.38. The Balaban J connectivity index is 2.01. The summed E-state index contributed by atoms with van der Waals surface area (Å²) >= 11 is 1.16. The van der Waals surface area contributed by atoms with Gasteiger partial charge in [0.1, 0.15) is 5.84 Å². The van der Waals surface area contributed by atoms with E-state index >= 15 is 0 Å². The van der Waals surface area contributed by atoms with Crippen LogP contribution in [0.1, 0.15) is 30.3 Å². The molecule has 18 heavy (non-hydrogen) atoms. The van der Waals surface area contributed by atoms with Gasteiger partial charge in [0.25, 0.3) is 5.91 Å². The Morgan fingerprint density at radius 2 is 2.28 bits per heavy atom. The number of likely N-dealkylation sites (tertiary alicyclic amines) is 1. The summed E-state index contributed by atoms with van der Waals surface area (Å²) in [6.07, 6.45) is 1.35. The van der Waals surface area contributed by atoms with Crippen molar-refractivity contribution in [2.45, 2.75) is 19.8 Å². The van der Waals surface area contributed by atoms with Crippen LogP contribution in [-0.2, 0) is 0 Å². The average Bonchev–Trinajstić information content (AvgIpc) is 2.91. The minimum Gasteiger partial charge on any atom is -0.409 e. The molecule has 1 amide bonds. The van der Waals surface area contributed by atoms with Crippen molar-refractivity contribution < 1.29 is 10.0 Å². The van der Waals surface area contributed by atoms with E-state index in [9.17, 15) is 4.79 Å². The summed E-state index contributed by atoms with van der Waals surface area (Å²) in [5.74, 6) is 0.121. The van der Waals surface area contributed by atoms with Crippen molar-refractivity contribution in [3.63, 3.8) is 0 Å². The van der Waals surface area contributed by atoms with E-state index < -0.39 is 0 Å². The van der Waals surface area contributed by atoms with Crippen LogP contribution in [0.3, 0.4) is 0 Å². The largest absolute Gasteiger partial charge is 0.409 e. The van der Waals surface area contributed by atoms with Crippen LogP contribution < -0.4 is 5.73 Å². The molecular formula is C10H15N5O2S. The van der Waals surface area contributed by atoms with E-state index in [0.29, 0.717) is 31.6 Å². The maximum atomic E-state index is 12.0. The second-order valence-corrected chi connectivity index (χ2v) is 5.24. The third kappa shape index (κ3) is 2.28. The van der Waals surface area contributed by atoms with Crippen molar-refractivity contribution in [2.75, 3.05) is 13.1 Å². The summed E-state index contributed by atoms with van der Waals surface area (Å²) in [6, 6.07) is 0. The number of nitrogens with two attached hydrogens (primary N) is 1. The van der Waals surface area contributed by atoms with Crippen LogP contribution in [-0.4, -0.2) is 44.5 Å². The molecule has 7 nitrogen and oxygen atoms in total.